The summed E-state index contributed by atoms with van der Waals surface area (Å²) in [5.74, 6) is -0.853. The highest BCUT2D eigenvalue weighted by molar-refractivity contribution is 6.52. The lowest BCUT2D eigenvalue weighted by molar-refractivity contribution is -0.132. The van der Waals surface area contributed by atoms with Gasteiger partial charge in [0.05, 0.1) is 18.2 Å². The Morgan fingerprint density at radius 1 is 0.974 bits per heavy atom. The predicted octanol–water partition coefficient (Wildman–Crippen LogP) is 7.64. The molecule has 4 aromatic carbocycles. The Labute approximate surface area is 226 Å². The first kappa shape index (κ1) is 25.6. The molecular weight excluding hydrogens is 498 g/mol. The molecule has 192 valence electrons. The van der Waals surface area contributed by atoms with Gasteiger partial charge < -0.3 is 9.84 Å². The molecular formula is C32H28ClNO4. The van der Waals surface area contributed by atoms with Gasteiger partial charge in [0.25, 0.3) is 11.7 Å². The van der Waals surface area contributed by atoms with Crippen LogP contribution in [0.3, 0.4) is 0 Å². The van der Waals surface area contributed by atoms with Gasteiger partial charge in [-0.25, -0.2) is 0 Å². The van der Waals surface area contributed by atoms with Crippen LogP contribution in [-0.4, -0.2) is 23.4 Å². The van der Waals surface area contributed by atoms with Crippen LogP contribution in [0.4, 0.5) is 5.69 Å². The Kier molecular flexibility index (Phi) is 6.96. The van der Waals surface area contributed by atoms with Gasteiger partial charge in [0.1, 0.15) is 11.5 Å². The number of benzene rings is 4. The molecule has 38 heavy (non-hydrogen) atoms. The van der Waals surface area contributed by atoms with Gasteiger partial charge in [-0.3, -0.25) is 14.5 Å². The third-order valence-corrected chi connectivity index (χ3v) is 7.09. The van der Waals surface area contributed by atoms with Crippen LogP contribution in [0.25, 0.3) is 16.5 Å². The van der Waals surface area contributed by atoms with Crippen molar-refractivity contribution < 1.29 is 19.4 Å². The molecule has 0 aromatic heterocycles. The number of ketones is 1. The Balaban J connectivity index is 1.78. The van der Waals surface area contributed by atoms with Crippen LogP contribution in [0, 0.1) is 0 Å². The largest absolute Gasteiger partial charge is 0.507 e. The molecule has 5 rings (SSSR count). The van der Waals surface area contributed by atoms with Gasteiger partial charge in [-0.2, -0.15) is 0 Å². The first-order valence-electron chi connectivity index (χ1n) is 12.6. The fourth-order valence-corrected chi connectivity index (χ4v) is 5.28. The van der Waals surface area contributed by atoms with Crippen LogP contribution in [-0.2, 0) is 9.59 Å². The van der Waals surface area contributed by atoms with Crippen molar-refractivity contribution in [1.29, 1.82) is 0 Å². The minimum absolute atomic E-state index is 0.0326. The molecule has 1 aliphatic heterocycles. The molecule has 1 atom stereocenters. The predicted molar refractivity (Wildman–Crippen MR) is 152 cm³/mol. The minimum atomic E-state index is -0.853. The van der Waals surface area contributed by atoms with E-state index >= 15 is 0 Å². The standard InChI is InChI=1S/C32H28ClNO4/c1-4-38-27-16-15-21(17-26(27)19(2)3)30(35)28-29(25-14-7-10-20-9-5-6-13-24(20)25)34(32(37)31(28)36)23-12-8-11-22(33)18-23/h5-19,29,35H,4H2,1-3H3/b30-28+. The second-order valence-corrected chi connectivity index (χ2v) is 9.99. The van der Waals surface area contributed by atoms with Crippen molar-refractivity contribution >= 4 is 45.5 Å². The number of hydrogen-bond acceptors (Lipinski definition) is 4. The number of amides is 1. The number of rotatable bonds is 6. The zero-order valence-electron chi connectivity index (χ0n) is 21.4. The van der Waals surface area contributed by atoms with Crippen LogP contribution >= 0.6 is 11.6 Å². The van der Waals surface area contributed by atoms with E-state index in [-0.39, 0.29) is 17.3 Å². The lowest BCUT2D eigenvalue weighted by Gasteiger charge is -2.26. The van der Waals surface area contributed by atoms with E-state index in [2.05, 4.69) is 0 Å². The van der Waals surface area contributed by atoms with Crippen molar-refractivity contribution in [2.75, 3.05) is 11.5 Å². The smallest absolute Gasteiger partial charge is 0.300 e. The van der Waals surface area contributed by atoms with Gasteiger partial charge >= 0.3 is 0 Å². The molecule has 1 fully saturated rings. The summed E-state index contributed by atoms with van der Waals surface area (Å²) in [6.07, 6.45) is 0. The molecule has 6 heteroatoms. The molecule has 0 spiro atoms. The van der Waals surface area contributed by atoms with E-state index in [1.54, 1.807) is 36.4 Å². The summed E-state index contributed by atoms with van der Waals surface area (Å²) < 4.78 is 5.78. The highest BCUT2D eigenvalue weighted by Crippen LogP contribution is 2.45. The van der Waals surface area contributed by atoms with Crippen molar-refractivity contribution in [1.82, 2.24) is 0 Å². The molecule has 0 saturated carbocycles. The highest BCUT2D eigenvalue weighted by Gasteiger charge is 2.47. The van der Waals surface area contributed by atoms with Gasteiger partial charge in [0.2, 0.25) is 0 Å². The normalized spacial score (nSPS) is 17.0. The second kappa shape index (κ2) is 10.3. The maximum atomic E-state index is 13.6. The van der Waals surface area contributed by atoms with Crippen molar-refractivity contribution in [3.63, 3.8) is 0 Å². The number of carbonyl (C=O) groups is 2. The summed E-state index contributed by atoms with van der Waals surface area (Å²) in [6.45, 7) is 6.50. The Bertz CT molecular complexity index is 1580. The first-order valence-corrected chi connectivity index (χ1v) is 13.0. The molecule has 1 aliphatic rings. The van der Waals surface area contributed by atoms with E-state index in [0.29, 0.717) is 22.9 Å². The lowest BCUT2D eigenvalue weighted by Crippen LogP contribution is -2.29. The lowest BCUT2D eigenvalue weighted by atomic mass is 9.90. The third-order valence-electron chi connectivity index (χ3n) is 6.85. The van der Waals surface area contributed by atoms with Gasteiger partial charge in [-0.15, -0.1) is 0 Å². The summed E-state index contributed by atoms with van der Waals surface area (Å²) in [4.78, 5) is 28.6. The first-order chi connectivity index (χ1) is 18.3. The second-order valence-electron chi connectivity index (χ2n) is 9.56. The van der Waals surface area contributed by atoms with E-state index in [1.165, 1.54) is 4.90 Å². The fraction of sp³-hybridized carbons (Fsp3) is 0.188. The molecule has 0 aliphatic carbocycles. The quantitative estimate of drug-likeness (QED) is 0.159. The number of Topliss-reactive ketones (excluding diaryl/α,β-unsaturated/α-hetero) is 1. The Morgan fingerprint density at radius 2 is 1.71 bits per heavy atom. The van der Waals surface area contributed by atoms with Gasteiger partial charge in [0.15, 0.2) is 0 Å². The van der Waals surface area contributed by atoms with Crippen LogP contribution in [0.15, 0.2) is 90.5 Å². The number of carbonyl (C=O) groups excluding carboxylic acids is 2. The van der Waals surface area contributed by atoms with Crippen molar-refractivity contribution in [2.45, 2.75) is 32.7 Å². The molecule has 0 radical (unpaired) electrons. The zero-order valence-corrected chi connectivity index (χ0v) is 22.2. The molecule has 4 aromatic rings. The van der Waals surface area contributed by atoms with E-state index in [9.17, 15) is 14.7 Å². The maximum Gasteiger partial charge on any atom is 0.300 e. The molecule has 1 saturated heterocycles. The zero-order chi connectivity index (χ0) is 27.0. The van der Waals surface area contributed by atoms with Crippen molar-refractivity contribution in [3.05, 3.63) is 112 Å². The monoisotopic (exact) mass is 525 g/mol. The van der Waals surface area contributed by atoms with Crippen molar-refractivity contribution in [2.24, 2.45) is 0 Å². The molecule has 0 bridgehead atoms. The highest BCUT2D eigenvalue weighted by atomic mass is 35.5. The average Bonchev–Trinajstić information content (AvgIpc) is 3.18. The molecule has 1 N–H and O–H groups in total. The number of aliphatic hydroxyl groups excluding tert-OH is 1. The van der Waals surface area contributed by atoms with Crippen LogP contribution in [0.2, 0.25) is 5.02 Å². The van der Waals surface area contributed by atoms with E-state index in [0.717, 1.165) is 27.6 Å². The summed E-state index contributed by atoms with van der Waals surface area (Å²) in [6, 6.07) is 24.9. The van der Waals surface area contributed by atoms with Gasteiger partial charge in [-0.05, 0) is 71.1 Å². The number of fused-ring (bicyclic) bond motifs is 1. The molecule has 1 heterocycles. The summed E-state index contributed by atoms with van der Waals surface area (Å²) in [5, 5.41) is 14.0. The summed E-state index contributed by atoms with van der Waals surface area (Å²) in [5.41, 5.74) is 2.60. The van der Waals surface area contributed by atoms with Crippen LogP contribution in [0.1, 0.15) is 49.4 Å². The van der Waals surface area contributed by atoms with Gasteiger partial charge in [-0.1, -0.05) is 74.0 Å². The number of nitrogens with zero attached hydrogens (tertiary/aromatic N) is 1. The summed E-state index contributed by atoms with van der Waals surface area (Å²) in [7, 11) is 0. The van der Waals surface area contributed by atoms with Crippen molar-refractivity contribution in [3.8, 4) is 5.75 Å². The van der Waals surface area contributed by atoms with Gasteiger partial charge in [0, 0.05) is 16.3 Å². The maximum absolute atomic E-state index is 13.6. The van der Waals surface area contributed by atoms with E-state index in [1.807, 2.05) is 69.3 Å². The average molecular weight is 526 g/mol. The number of anilines is 1. The van der Waals surface area contributed by atoms with Crippen LogP contribution < -0.4 is 9.64 Å². The topological polar surface area (TPSA) is 66.8 Å². The molecule has 1 unspecified atom stereocenters. The number of halogens is 1. The molecule has 5 nitrogen and oxygen atoms in total. The van der Waals surface area contributed by atoms with E-state index < -0.39 is 17.7 Å². The Hall–Kier alpha value is -4.09. The number of hydrogen-bond donors (Lipinski definition) is 1. The van der Waals surface area contributed by atoms with Crippen LogP contribution in [0.5, 0.6) is 5.75 Å². The SMILES string of the molecule is CCOc1ccc(/C(O)=C2\C(=O)C(=O)N(c3cccc(Cl)c3)C2c2cccc3ccccc23)cc1C(C)C. The Morgan fingerprint density at radius 3 is 2.45 bits per heavy atom. The number of ether oxygens (including phenoxy) is 1. The minimum Gasteiger partial charge on any atom is -0.507 e. The van der Waals surface area contributed by atoms with E-state index in [4.69, 9.17) is 16.3 Å². The fourth-order valence-electron chi connectivity index (χ4n) is 5.10. The third kappa shape index (κ3) is 4.44. The number of aliphatic hydroxyl groups is 1. The molecule has 1 amide bonds. The summed E-state index contributed by atoms with van der Waals surface area (Å²) >= 11 is 6.28.